The summed E-state index contributed by atoms with van der Waals surface area (Å²) in [6.45, 7) is 7.28. The molecule has 0 amide bonds. The maximum absolute atomic E-state index is 6.11. The van der Waals surface area contributed by atoms with Crippen LogP contribution in [0, 0.1) is 0 Å². The van der Waals surface area contributed by atoms with Gasteiger partial charge in [-0.1, -0.05) is 51.4 Å². The van der Waals surface area contributed by atoms with Gasteiger partial charge in [0.05, 0.1) is 8.07 Å². The molecule has 0 saturated heterocycles. The maximum Gasteiger partial charge on any atom is 0.248 e. The Bertz CT molecular complexity index is 142. The zero-order chi connectivity index (χ0) is 11.2. The van der Waals surface area contributed by atoms with Crippen LogP contribution in [0.5, 0.6) is 0 Å². The van der Waals surface area contributed by atoms with Gasteiger partial charge in [0.25, 0.3) is 0 Å². The van der Waals surface area contributed by atoms with Crippen molar-refractivity contribution in [3.8, 4) is 0 Å². The largest absolute Gasteiger partial charge is 0.248 e. The molecule has 0 N–H and O–H groups in total. The first-order chi connectivity index (χ1) is 6.39. The fourth-order valence-corrected chi connectivity index (χ4v) is 7.49. The van der Waals surface area contributed by atoms with Crippen molar-refractivity contribution in [2.75, 3.05) is 0 Å². The van der Waals surface area contributed by atoms with Gasteiger partial charge in [0.1, 0.15) is 0 Å². The molecular formula is C10H24Cl2Si2. The van der Waals surface area contributed by atoms with Gasteiger partial charge in [-0.3, -0.25) is 0 Å². The first kappa shape index (κ1) is 15.0. The highest BCUT2D eigenvalue weighted by Gasteiger charge is 2.28. The Morgan fingerprint density at radius 3 is 1.57 bits per heavy atom. The summed E-state index contributed by atoms with van der Waals surface area (Å²) < 4.78 is 0. The van der Waals surface area contributed by atoms with Crippen LogP contribution in [0.1, 0.15) is 27.2 Å². The second-order valence-electron chi connectivity index (χ2n) is 4.48. The van der Waals surface area contributed by atoms with Gasteiger partial charge in [0.15, 0.2) is 0 Å². The van der Waals surface area contributed by atoms with Crippen molar-refractivity contribution in [1.29, 1.82) is 0 Å². The predicted molar refractivity (Wildman–Crippen MR) is 74.8 cm³/mol. The molecule has 0 aromatic carbocycles. The van der Waals surface area contributed by atoms with E-state index in [1.165, 1.54) is 30.6 Å². The van der Waals surface area contributed by atoms with Crippen molar-refractivity contribution in [2.45, 2.75) is 64.0 Å². The van der Waals surface area contributed by atoms with Gasteiger partial charge < -0.3 is 0 Å². The van der Waals surface area contributed by atoms with E-state index in [9.17, 15) is 0 Å². The minimum absolute atomic E-state index is 0.912. The van der Waals surface area contributed by atoms with E-state index in [1.807, 2.05) is 6.55 Å². The van der Waals surface area contributed by atoms with Gasteiger partial charge in [-0.15, -0.1) is 22.2 Å². The standard InChI is InChI=1S/C10H24Cl2Si2/c1-5-14(6-2,7-3)10-8-9-13(4,11)12/h5-10H2,1-4H3. The van der Waals surface area contributed by atoms with Crippen molar-refractivity contribution in [2.24, 2.45) is 0 Å². The van der Waals surface area contributed by atoms with Gasteiger partial charge >= 0.3 is 0 Å². The van der Waals surface area contributed by atoms with Crippen molar-refractivity contribution in [3.63, 3.8) is 0 Å². The molecule has 0 spiro atoms. The quantitative estimate of drug-likeness (QED) is 0.427. The number of hydrogen-bond acceptors (Lipinski definition) is 0. The Morgan fingerprint density at radius 1 is 0.857 bits per heavy atom. The third kappa shape index (κ3) is 5.79. The topological polar surface area (TPSA) is 0 Å². The Morgan fingerprint density at radius 2 is 1.29 bits per heavy atom. The molecule has 0 aliphatic heterocycles. The highest BCUT2D eigenvalue weighted by Crippen LogP contribution is 2.30. The first-order valence-corrected chi connectivity index (χ1v) is 13.3. The lowest BCUT2D eigenvalue weighted by atomic mass is 10.6. The molecule has 0 saturated carbocycles. The molecule has 4 heteroatoms. The van der Waals surface area contributed by atoms with Crippen molar-refractivity contribution < 1.29 is 0 Å². The van der Waals surface area contributed by atoms with Crippen LogP contribution in [-0.2, 0) is 0 Å². The van der Waals surface area contributed by atoms with Crippen LogP contribution in [0.2, 0.25) is 36.8 Å². The molecule has 0 aliphatic carbocycles. The highest BCUT2D eigenvalue weighted by molar-refractivity contribution is 7.44. The average molecular weight is 271 g/mol. The second-order valence-corrected chi connectivity index (χ2v) is 18.3. The molecule has 0 nitrogen and oxygen atoms in total. The van der Waals surface area contributed by atoms with Crippen LogP contribution >= 0.6 is 22.2 Å². The molecule has 0 radical (unpaired) electrons. The Balaban J connectivity index is 3.95. The fourth-order valence-electron chi connectivity index (χ4n) is 2.05. The molecule has 0 unspecified atom stereocenters. The molecule has 0 fully saturated rings. The molecule has 0 rings (SSSR count). The van der Waals surface area contributed by atoms with Crippen LogP contribution < -0.4 is 0 Å². The summed E-state index contributed by atoms with van der Waals surface area (Å²) in [7, 11) is -0.912. The number of halogens is 2. The van der Waals surface area contributed by atoms with E-state index in [2.05, 4.69) is 20.8 Å². The summed E-state index contributed by atoms with van der Waals surface area (Å²) in [6, 6.07) is 6.76. The van der Waals surface area contributed by atoms with E-state index < -0.39 is 14.8 Å². The van der Waals surface area contributed by atoms with E-state index in [0.29, 0.717) is 0 Å². The van der Waals surface area contributed by atoms with E-state index in [4.69, 9.17) is 22.2 Å². The Labute approximate surface area is 101 Å². The van der Waals surface area contributed by atoms with Crippen LogP contribution in [-0.4, -0.2) is 14.8 Å². The molecule has 0 atom stereocenters. The highest BCUT2D eigenvalue weighted by atomic mass is 35.7. The lowest BCUT2D eigenvalue weighted by Gasteiger charge is -2.28. The van der Waals surface area contributed by atoms with Crippen molar-refractivity contribution in [3.05, 3.63) is 0 Å². The van der Waals surface area contributed by atoms with E-state index in [1.54, 1.807) is 0 Å². The Kier molecular flexibility index (Phi) is 7.04. The molecule has 0 aromatic rings. The molecule has 0 aliphatic rings. The maximum atomic E-state index is 6.11. The minimum Gasteiger partial charge on any atom is -0.146 e. The number of hydrogen-bond donors (Lipinski definition) is 0. The third-order valence-electron chi connectivity index (χ3n) is 3.57. The van der Waals surface area contributed by atoms with E-state index in [-0.39, 0.29) is 0 Å². The van der Waals surface area contributed by atoms with Gasteiger partial charge in [-0.25, -0.2) is 0 Å². The van der Waals surface area contributed by atoms with Crippen molar-refractivity contribution in [1.82, 2.24) is 0 Å². The summed E-state index contributed by atoms with van der Waals surface area (Å²) in [6.07, 6.45) is 1.26. The summed E-state index contributed by atoms with van der Waals surface area (Å²) in [5.74, 6) is 0. The summed E-state index contributed by atoms with van der Waals surface area (Å²) >= 11 is 12.2. The lowest BCUT2D eigenvalue weighted by Crippen LogP contribution is -2.31. The van der Waals surface area contributed by atoms with Crippen LogP contribution in [0.15, 0.2) is 0 Å². The molecular weight excluding hydrogens is 247 g/mol. The van der Waals surface area contributed by atoms with Gasteiger partial charge in [-0.05, 0) is 12.6 Å². The summed E-state index contributed by atoms with van der Waals surface area (Å²) in [5, 5.41) is 0. The zero-order valence-electron chi connectivity index (χ0n) is 10.00. The fraction of sp³-hybridized carbons (Fsp3) is 1.00. The molecule has 0 heterocycles. The van der Waals surface area contributed by atoms with Gasteiger partial charge in [0.2, 0.25) is 6.69 Å². The summed E-state index contributed by atoms with van der Waals surface area (Å²) in [5.41, 5.74) is 0. The van der Waals surface area contributed by atoms with E-state index >= 15 is 0 Å². The van der Waals surface area contributed by atoms with Crippen LogP contribution in [0.25, 0.3) is 0 Å². The average Bonchev–Trinajstić information content (AvgIpc) is 2.11. The van der Waals surface area contributed by atoms with E-state index in [0.717, 1.165) is 6.04 Å². The first-order valence-electron chi connectivity index (χ1n) is 5.77. The monoisotopic (exact) mass is 270 g/mol. The lowest BCUT2D eigenvalue weighted by molar-refractivity contribution is 0.980. The normalized spacial score (nSPS) is 13.3. The van der Waals surface area contributed by atoms with Gasteiger partial charge in [-0.2, -0.15) is 0 Å². The van der Waals surface area contributed by atoms with Crippen LogP contribution in [0.4, 0.5) is 0 Å². The SMILES string of the molecule is CC[Si](CC)(CC)CCC[Si](C)(Cl)Cl. The zero-order valence-corrected chi connectivity index (χ0v) is 13.5. The Hall–Kier alpha value is 1.01. The molecule has 0 aromatic heterocycles. The second kappa shape index (κ2) is 6.56. The predicted octanol–water partition coefficient (Wildman–Crippen LogP) is 5.43. The number of rotatable bonds is 7. The third-order valence-corrected chi connectivity index (χ3v) is 11.9. The smallest absolute Gasteiger partial charge is 0.146 e. The van der Waals surface area contributed by atoms with Crippen molar-refractivity contribution >= 4 is 36.9 Å². The van der Waals surface area contributed by atoms with Gasteiger partial charge in [0, 0.05) is 0 Å². The molecule has 0 bridgehead atoms. The summed E-state index contributed by atoms with van der Waals surface area (Å²) in [4.78, 5) is 0. The van der Waals surface area contributed by atoms with Crippen LogP contribution in [0.3, 0.4) is 0 Å². The molecule has 86 valence electrons. The minimum atomic E-state index is -1.83. The molecule has 14 heavy (non-hydrogen) atoms.